The Labute approximate surface area is 179 Å². The Kier molecular flexibility index (Phi) is 3.74. The van der Waals surface area contributed by atoms with Crippen molar-refractivity contribution in [1.82, 2.24) is 9.38 Å². The van der Waals surface area contributed by atoms with Crippen LogP contribution in [0.1, 0.15) is 11.3 Å². The van der Waals surface area contributed by atoms with Crippen molar-refractivity contribution < 1.29 is 14.0 Å². The molecule has 0 amide bonds. The van der Waals surface area contributed by atoms with Crippen LogP contribution in [-0.4, -0.2) is 16.2 Å². The van der Waals surface area contributed by atoms with Crippen molar-refractivity contribution in [3.8, 4) is 22.6 Å². The number of H-pyrrole nitrogens is 1. The number of imidazole rings is 1. The third kappa shape index (κ3) is 2.60. The van der Waals surface area contributed by atoms with Crippen LogP contribution in [0.15, 0.2) is 60.8 Å². The van der Waals surface area contributed by atoms with Gasteiger partial charge in [-0.1, -0.05) is 36.4 Å². The second-order valence-electron chi connectivity index (χ2n) is 7.92. The van der Waals surface area contributed by atoms with Gasteiger partial charge in [-0.15, -0.1) is 0 Å². The molecule has 6 rings (SSSR count). The van der Waals surface area contributed by atoms with E-state index in [2.05, 4.69) is 76.1 Å². The number of aromatic nitrogens is 3. The molecule has 4 heterocycles. The Morgan fingerprint density at radius 3 is 2.71 bits per heavy atom. The summed E-state index contributed by atoms with van der Waals surface area (Å²) in [6.45, 7) is 6.61. The third-order valence-corrected chi connectivity index (χ3v) is 6.17. The van der Waals surface area contributed by atoms with E-state index in [1.54, 1.807) is 0 Å². The van der Waals surface area contributed by atoms with Crippen molar-refractivity contribution in [1.29, 1.82) is 0 Å². The molecule has 5 aromatic rings. The number of hydrogen-bond donors (Lipinski definition) is 1. The molecule has 0 fully saturated rings. The Bertz CT molecular complexity index is 1590. The average Bonchev–Trinajstić information content (AvgIpc) is 3.44. The molecular weight excluding hydrogens is 386 g/mol. The maximum Gasteiger partial charge on any atom is 0.272 e. The molecule has 152 valence electrons. The van der Waals surface area contributed by atoms with E-state index in [1.807, 2.05) is 25.2 Å². The molecule has 0 unspecified atom stereocenters. The molecule has 1 aliphatic heterocycles. The quantitative estimate of drug-likeness (QED) is 0.456. The Balaban J connectivity index is 1.77. The molecule has 1 aliphatic rings. The molecule has 0 saturated heterocycles. The highest BCUT2D eigenvalue weighted by Gasteiger charge is 2.20. The second-order valence-corrected chi connectivity index (χ2v) is 7.92. The third-order valence-electron chi connectivity index (χ3n) is 6.17. The molecule has 0 saturated carbocycles. The highest BCUT2D eigenvalue weighted by molar-refractivity contribution is 5.94. The summed E-state index contributed by atoms with van der Waals surface area (Å²) in [5.74, 6) is 1.57. The van der Waals surface area contributed by atoms with Crippen molar-refractivity contribution in [2.45, 2.75) is 6.92 Å². The summed E-state index contributed by atoms with van der Waals surface area (Å²) in [6, 6.07) is 18.8. The molecule has 0 bridgehead atoms. The van der Waals surface area contributed by atoms with Crippen LogP contribution in [0.3, 0.4) is 0 Å². The van der Waals surface area contributed by atoms with Crippen molar-refractivity contribution in [3.63, 3.8) is 0 Å². The van der Waals surface area contributed by atoms with E-state index >= 15 is 0 Å². The standard InChI is InChI=1S/C26H22N3O2/c1-16-24(19-7-5-4-6-8-19)20(13-18-9-10-22-23(14-18)31-15-30-22)26-25-21(11-12-29(16)26)28(3)17(2)27-25/h4-14,27H,2,15H2,1,3H3/q+1. The number of rotatable bonds is 2. The zero-order chi connectivity index (χ0) is 21.1. The molecule has 31 heavy (non-hydrogen) atoms. The maximum atomic E-state index is 5.61. The van der Waals surface area contributed by atoms with E-state index in [0.717, 1.165) is 44.3 Å². The fraction of sp³-hybridized carbons (Fsp3) is 0.115. The van der Waals surface area contributed by atoms with Gasteiger partial charge >= 0.3 is 0 Å². The lowest BCUT2D eigenvalue weighted by atomic mass is 10.0. The molecule has 2 aromatic carbocycles. The van der Waals surface area contributed by atoms with Crippen molar-refractivity contribution in [2.24, 2.45) is 7.05 Å². The van der Waals surface area contributed by atoms with E-state index in [-0.39, 0.29) is 6.79 Å². The Morgan fingerprint density at radius 2 is 1.87 bits per heavy atom. The molecule has 1 N–H and O–H groups in total. The predicted octanol–water partition coefficient (Wildman–Crippen LogP) is 3.19. The molecule has 0 aliphatic carbocycles. The number of nitrogens with one attached hydrogen (secondary N) is 1. The Morgan fingerprint density at radius 1 is 1.06 bits per heavy atom. The molecule has 0 atom stereocenters. The van der Waals surface area contributed by atoms with Crippen LogP contribution in [0, 0.1) is 6.92 Å². The number of ether oxygens (including phenoxy) is 2. The number of nitrogens with zero attached hydrogens (tertiary/aromatic N) is 2. The number of aryl methyl sites for hydroxylation is 2. The number of pyridine rings is 1. The molecule has 5 nitrogen and oxygen atoms in total. The molecule has 3 aromatic heterocycles. The van der Waals surface area contributed by atoms with Crippen molar-refractivity contribution >= 4 is 29.2 Å². The van der Waals surface area contributed by atoms with Gasteiger partial charge < -0.3 is 13.9 Å². The summed E-state index contributed by atoms with van der Waals surface area (Å²) >= 11 is 0. The minimum Gasteiger partial charge on any atom is -0.454 e. The highest BCUT2D eigenvalue weighted by Crippen LogP contribution is 2.33. The molecular formula is C26H22N3O2+. The second kappa shape index (κ2) is 6.51. The van der Waals surface area contributed by atoms with Crippen LogP contribution in [0.25, 0.3) is 40.3 Å². The van der Waals surface area contributed by atoms with Crippen LogP contribution < -0.4 is 24.7 Å². The van der Waals surface area contributed by atoms with Gasteiger partial charge in [0.25, 0.3) is 5.48 Å². The van der Waals surface area contributed by atoms with Gasteiger partial charge in [0.1, 0.15) is 5.52 Å². The lowest BCUT2D eigenvalue weighted by Crippen LogP contribution is -2.43. The predicted molar refractivity (Wildman–Crippen MR) is 122 cm³/mol. The van der Waals surface area contributed by atoms with Crippen LogP contribution in [0.5, 0.6) is 11.5 Å². The molecule has 5 heteroatoms. The van der Waals surface area contributed by atoms with Gasteiger partial charge in [-0.2, -0.15) is 0 Å². The topological polar surface area (TPSA) is 42.5 Å². The van der Waals surface area contributed by atoms with Crippen LogP contribution in [-0.2, 0) is 7.05 Å². The fourth-order valence-corrected chi connectivity index (χ4v) is 4.58. The minimum absolute atomic E-state index is 0.272. The fourth-order valence-electron chi connectivity index (χ4n) is 4.58. The summed E-state index contributed by atoms with van der Waals surface area (Å²) in [7, 11) is 2.03. The normalized spacial score (nSPS) is 13.5. The average molecular weight is 408 g/mol. The van der Waals surface area contributed by atoms with Gasteiger partial charge in [-0.05, 0) is 42.8 Å². The van der Waals surface area contributed by atoms with Gasteiger partial charge in [-0.3, -0.25) is 0 Å². The largest absolute Gasteiger partial charge is 0.454 e. The monoisotopic (exact) mass is 408 g/mol. The van der Waals surface area contributed by atoms with E-state index in [0.29, 0.717) is 0 Å². The lowest BCUT2D eigenvalue weighted by Gasteiger charge is -2.02. The lowest BCUT2D eigenvalue weighted by molar-refractivity contribution is -0.658. The van der Waals surface area contributed by atoms with Crippen molar-refractivity contribution in [3.05, 3.63) is 82.7 Å². The number of fused-ring (bicyclic) bond motifs is 4. The summed E-state index contributed by atoms with van der Waals surface area (Å²) in [6.07, 6.45) is 4.37. The van der Waals surface area contributed by atoms with Crippen LogP contribution >= 0.6 is 0 Å². The first-order valence-electron chi connectivity index (χ1n) is 10.3. The maximum absolute atomic E-state index is 5.61. The molecule has 0 spiro atoms. The van der Waals surface area contributed by atoms with E-state index in [4.69, 9.17) is 9.47 Å². The zero-order valence-corrected chi connectivity index (χ0v) is 17.5. The number of benzene rings is 2. The molecule has 0 radical (unpaired) electrons. The number of aromatic amines is 1. The van der Waals surface area contributed by atoms with Gasteiger partial charge in [0, 0.05) is 28.7 Å². The first kappa shape index (κ1) is 17.8. The Hall–Kier alpha value is -3.99. The summed E-state index contributed by atoms with van der Waals surface area (Å²) in [4.78, 5) is 3.50. The van der Waals surface area contributed by atoms with Crippen LogP contribution in [0.2, 0.25) is 0 Å². The summed E-state index contributed by atoms with van der Waals surface area (Å²) < 4.78 is 15.4. The van der Waals surface area contributed by atoms with Gasteiger partial charge in [-0.25, -0.2) is 9.55 Å². The van der Waals surface area contributed by atoms with E-state index < -0.39 is 0 Å². The van der Waals surface area contributed by atoms with E-state index in [9.17, 15) is 0 Å². The van der Waals surface area contributed by atoms with Gasteiger partial charge in [0.15, 0.2) is 22.5 Å². The summed E-state index contributed by atoms with van der Waals surface area (Å²) in [5, 5.41) is 1.16. The van der Waals surface area contributed by atoms with Gasteiger partial charge in [0.2, 0.25) is 6.79 Å². The minimum atomic E-state index is 0.272. The first-order valence-corrected chi connectivity index (χ1v) is 10.3. The van der Waals surface area contributed by atoms with Crippen molar-refractivity contribution in [2.75, 3.05) is 6.79 Å². The van der Waals surface area contributed by atoms with Crippen LogP contribution in [0.4, 0.5) is 0 Å². The summed E-state index contributed by atoms with van der Waals surface area (Å²) in [5.41, 5.74) is 8.87. The van der Waals surface area contributed by atoms with Gasteiger partial charge in [0.05, 0.1) is 7.05 Å². The smallest absolute Gasteiger partial charge is 0.272 e. The number of hydrogen-bond acceptors (Lipinski definition) is 2. The van der Waals surface area contributed by atoms with E-state index in [1.165, 1.54) is 16.8 Å². The zero-order valence-electron chi connectivity index (χ0n) is 17.5. The SMILES string of the molecule is C=c1[nH]c2c3c(=Cc4ccc5c(c4)OCO5)c(-c4ccccc4)c(C)n3ccc2[n+]1C. The highest BCUT2D eigenvalue weighted by atomic mass is 16.7. The first-order chi connectivity index (χ1) is 15.1.